The maximum absolute atomic E-state index is 11.4. The van der Waals surface area contributed by atoms with Gasteiger partial charge < -0.3 is 5.11 Å². The number of hydrogen-bond acceptors (Lipinski definition) is 3. The molecule has 0 spiro atoms. The molecule has 2 rings (SSSR count). The van der Waals surface area contributed by atoms with Crippen LogP contribution in [0.25, 0.3) is 11.3 Å². The molecule has 1 heterocycles. The summed E-state index contributed by atoms with van der Waals surface area (Å²) < 4.78 is 0. The van der Waals surface area contributed by atoms with Crippen LogP contribution in [0.2, 0.25) is 5.02 Å². The summed E-state index contributed by atoms with van der Waals surface area (Å²) in [7, 11) is 0. The fourth-order valence-corrected chi connectivity index (χ4v) is 1.63. The summed E-state index contributed by atoms with van der Waals surface area (Å²) in [5, 5.41) is 15.4. The number of carboxylic acid groups (broad SMARTS) is 1. The van der Waals surface area contributed by atoms with Crippen LogP contribution in [0.3, 0.4) is 0 Å². The molecule has 0 aliphatic heterocycles. The summed E-state index contributed by atoms with van der Waals surface area (Å²) in [6.07, 6.45) is -0.335. The summed E-state index contributed by atoms with van der Waals surface area (Å²) in [5.74, 6) is -1.06. The van der Waals surface area contributed by atoms with Gasteiger partial charge in [-0.2, -0.15) is 5.10 Å². The van der Waals surface area contributed by atoms with Gasteiger partial charge in [0, 0.05) is 16.1 Å². The lowest BCUT2D eigenvalue weighted by Crippen LogP contribution is -2.17. The van der Waals surface area contributed by atoms with E-state index < -0.39 is 11.5 Å². The van der Waals surface area contributed by atoms with Gasteiger partial charge in [0.05, 0.1) is 12.1 Å². The molecule has 1 aromatic heterocycles. The van der Waals surface area contributed by atoms with E-state index in [0.717, 1.165) is 5.56 Å². The van der Waals surface area contributed by atoms with Crippen molar-refractivity contribution in [3.8, 4) is 11.3 Å². The minimum atomic E-state index is -1.06. The Morgan fingerprint density at radius 3 is 2.61 bits per heavy atom. The molecule has 0 saturated carbocycles. The first kappa shape index (κ1) is 12.3. The Kier molecular flexibility index (Phi) is 3.43. The van der Waals surface area contributed by atoms with Crippen LogP contribution in [0.4, 0.5) is 0 Å². The highest BCUT2D eigenvalue weighted by Gasteiger charge is 2.08. The number of carboxylic acids is 1. The maximum Gasteiger partial charge on any atom is 0.308 e. The quantitative estimate of drug-likeness (QED) is 0.884. The number of nitrogens with zero attached hydrogens (tertiary/aromatic N) is 1. The predicted octanol–water partition coefficient (Wildman–Crippen LogP) is 1.72. The molecular weight excluding hydrogens is 256 g/mol. The van der Waals surface area contributed by atoms with Crippen LogP contribution in [0.5, 0.6) is 0 Å². The van der Waals surface area contributed by atoms with Gasteiger partial charge in [0.1, 0.15) is 0 Å². The molecule has 0 saturated heterocycles. The Morgan fingerprint density at radius 2 is 2.00 bits per heavy atom. The predicted molar refractivity (Wildman–Crippen MR) is 66.6 cm³/mol. The fourth-order valence-electron chi connectivity index (χ4n) is 1.51. The van der Waals surface area contributed by atoms with Gasteiger partial charge in [-0.05, 0) is 18.2 Å². The van der Waals surface area contributed by atoms with E-state index in [-0.39, 0.29) is 12.0 Å². The zero-order valence-electron chi connectivity index (χ0n) is 9.18. The number of aromatic nitrogens is 2. The molecule has 2 aromatic rings. The number of H-pyrrole nitrogens is 1. The van der Waals surface area contributed by atoms with E-state index in [1.807, 2.05) is 0 Å². The Hall–Kier alpha value is -2.14. The molecule has 1 aromatic carbocycles. The third kappa shape index (κ3) is 2.75. The normalized spacial score (nSPS) is 10.3. The molecule has 0 fully saturated rings. The molecule has 0 amide bonds. The van der Waals surface area contributed by atoms with Crippen LogP contribution in [-0.4, -0.2) is 21.3 Å². The highest BCUT2D eigenvalue weighted by Crippen LogP contribution is 2.19. The summed E-state index contributed by atoms with van der Waals surface area (Å²) in [6, 6.07) is 8.35. The number of benzene rings is 1. The molecule has 0 aliphatic rings. The second-order valence-corrected chi connectivity index (χ2v) is 4.12. The van der Waals surface area contributed by atoms with Crippen molar-refractivity contribution in [3.63, 3.8) is 0 Å². The van der Waals surface area contributed by atoms with Crippen molar-refractivity contribution < 1.29 is 9.90 Å². The first-order chi connectivity index (χ1) is 8.56. The van der Waals surface area contributed by atoms with Gasteiger partial charge in [-0.15, -0.1) is 0 Å². The second-order valence-electron chi connectivity index (χ2n) is 3.68. The van der Waals surface area contributed by atoms with Crippen molar-refractivity contribution in [2.24, 2.45) is 0 Å². The topological polar surface area (TPSA) is 83.0 Å². The summed E-state index contributed by atoms with van der Waals surface area (Å²) in [6.45, 7) is 0. The number of hydrogen-bond donors (Lipinski definition) is 2. The maximum atomic E-state index is 11.4. The van der Waals surface area contributed by atoms with Gasteiger partial charge >= 0.3 is 5.97 Å². The average Bonchev–Trinajstić information content (AvgIpc) is 2.32. The van der Waals surface area contributed by atoms with E-state index in [2.05, 4.69) is 10.2 Å². The molecular formula is C12H9ClN2O3. The molecule has 5 nitrogen and oxygen atoms in total. The first-order valence-electron chi connectivity index (χ1n) is 5.12. The Balaban J connectivity index is 2.43. The van der Waals surface area contributed by atoms with Crippen molar-refractivity contribution in [1.82, 2.24) is 10.2 Å². The lowest BCUT2D eigenvalue weighted by Gasteiger charge is -2.02. The smallest absolute Gasteiger partial charge is 0.308 e. The van der Waals surface area contributed by atoms with Crippen molar-refractivity contribution >= 4 is 17.6 Å². The highest BCUT2D eigenvalue weighted by molar-refractivity contribution is 6.30. The zero-order chi connectivity index (χ0) is 13.1. The SMILES string of the molecule is O=C(O)Cc1cc(-c2ccc(Cl)cc2)n[nH]c1=O. The molecule has 0 bridgehead atoms. The van der Waals surface area contributed by atoms with Crippen LogP contribution in [0.15, 0.2) is 35.1 Å². The Morgan fingerprint density at radius 1 is 1.33 bits per heavy atom. The summed E-state index contributed by atoms with van der Waals surface area (Å²) in [4.78, 5) is 22.0. The van der Waals surface area contributed by atoms with Gasteiger partial charge in [-0.3, -0.25) is 9.59 Å². The van der Waals surface area contributed by atoms with Crippen LogP contribution >= 0.6 is 11.6 Å². The van der Waals surface area contributed by atoms with E-state index in [1.165, 1.54) is 6.07 Å². The Bertz CT molecular complexity index is 635. The second kappa shape index (κ2) is 5.01. The van der Waals surface area contributed by atoms with E-state index in [0.29, 0.717) is 10.7 Å². The Labute approximate surface area is 107 Å². The number of carbonyl (C=O) groups is 1. The summed E-state index contributed by atoms with van der Waals surface area (Å²) in [5.41, 5.74) is 0.933. The lowest BCUT2D eigenvalue weighted by atomic mass is 10.1. The molecule has 0 atom stereocenters. The minimum absolute atomic E-state index is 0.169. The van der Waals surface area contributed by atoms with Crippen molar-refractivity contribution in [3.05, 3.63) is 51.3 Å². The number of rotatable bonds is 3. The van der Waals surface area contributed by atoms with Crippen molar-refractivity contribution in [2.75, 3.05) is 0 Å². The van der Waals surface area contributed by atoms with E-state index in [4.69, 9.17) is 16.7 Å². The average molecular weight is 265 g/mol. The van der Waals surface area contributed by atoms with Gasteiger partial charge in [0.2, 0.25) is 0 Å². The molecule has 18 heavy (non-hydrogen) atoms. The number of aliphatic carboxylic acids is 1. The van der Waals surface area contributed by atoms with E-state index in [1.54, 1.807) is 24.3 Å². The number of aromatic amines is 1. The standard InChI is InChI=1S/C12H9ClN2O3/c13-9-3-1-7(2-4-9)10-5-8(6-11(16)17)12(18)15-14-10/h1-5H,6H2,(H,15,18)(H,16,17). The third-order valence-electron chi connectivity index (χ3n) is 2.36. The number of nitrogens with one attached hydrogen (secondary N) is 1. The van der Waals surface area contributed by atoms with Crippen molar-refractivity contribution in [2.45, 2.75) is 6.42 Å². The number of halogens is 1. The molecule has 0 unspecified atom stereocenters. The molecule has 0 radical (unpaired) electrons. The van der Waals surface area contributed by atoms with Gasteiger partial charge in [0.25, 0.3) is 5.56 Å². The zero-order valence-corrected chi connectivity index (χ0v) is 9.94. The van der Waals surface area contributed by atoms with Crippen LogP contribution in [0, 0.1) is 0 Å². The third-order valence-corrected chi connectivity index (χ3v) is 2.61. The van der Waals surface area contributed by atoms with Crippen LogP contribution in [-0.2, 0) is 11.2 Å². The lowest BCUT2D eigenvalue weighted by molar-refractivity contribution is -0.136. The van der Waals surface area contributed by atoms with Crippen LogP contribution < -0.4 is 5.56 Å². The monoisotopic (exact) mass is 264 g/mol. The minimum Gasteiger partial charge on any atom is -0.481 e. The van der Waals surface area contributed by atoms with Gasteiger partial charge in [-0.1, -0.05) is 23.7 Å². The first-order valence-corrected chi connectivity index (χ1v) is 5.50. The molecule has 92 valence electrons. The fraction of sp³-hybridized carbons (Fsp3) is 0.0833. The molecule has 2 N–H and O–H groups in total. The largest absolute Gasteiger partial charge is 0.481 e. The van der Waals surface area contributed by atoms with Gasteiger partial charge in [-0.25, -0.2) is 5.10 Å². The summed E-state index contributed by atoms with van der Waals surface area (Å²) >= 11 is 5.77. The van der Waals surface area contributed by atoms with Gasteiger partial charge in [0.15, 0.2) is 0 Å². The molecule has 0 aliphatic carbocycles. The van der Waals surface area contributed by atoms with Crippen molar-refractivity contribution in [1.29, 1.82) is 0 Å². The van der Waals surface area contributed by atoms with E-state index in [9.17, 15) is 9.59 Å². The van der Waals surface area contributed by atoms with Crippen LogP contribution in [0.1, 0.15) is 5.56 Å². The highest BCUT2D eigenvalue weighted by atomic mass is 35.5. The van der Waals surface area contributed by atoms with E-state index >= 15 is 0 Å². The molecule has 6 heteroatoms.